The number of nitrogens with zero attached hydrogens (tertiary/aromatic N) is 1. The molecule has 6 heteroatoms. The Kier molecular flexibility index (Phi) is 3.26. The Balaban J connectivity index is 2.06. The van der Waals surface area contributed by atoms with Crippen molar-refractivity contribution in [3.63, 3.8) is 0 Å². The maximum Gasteiger partial charge on any atom is 0.287 e. The molecule has 0 aliphatic heterocycles. The zero-order valence-corrected chi connectivity index (χ0v) is 10.7. The standard InChI is InChI=1S/C12H13ClN2O3/c1-12(4-5-12)7-14-11(16)8-2-3-10(15(17)18)9(13)6-8/h2-3,6H,4-5,7H2,1H3,(H,14,16). The first kappa shape index (κ1) is 12.8. The van der Waals surface area contributed by atoms with Crippen LogP contribution < -0.4 is 5.32 Å². The number of nitrogens with one attached hydrogen (secondary N) is 1. The molecular formula is C12H13ClN2O3. The van der Waals surface area contributed by atoms with E-state index in [1.165, 1.54) is 18.2 Å². The van der Waals surface area contributed by atoms with E-state index in [1.54, 1.807) is 0 Å². The predicted octanol–water partition coefficient (Wildman–Crippen LogP) is 2.78. The first-order valence-corrected chi connectivity index (χ1v) is 6.01. The summed E-state index contributed by atoms with van der Waals surface area (Å²) in [5.41, 5.74) is 0.373. The van der Waals surface area contributed by atoms with Gasteiger partial charge < -0.3 is 5.32 Å². The van der Waals surface area contributed by atoms with Crippen LogP contribution in [0.4, 0.5) is 5.69 Å². The van der Waals surface area contributed by atoms with Crippen LogP contribution in [0.15, 0.2) is 18.2 Å². The fraction of sp³-hybridized carbons (Fsp3) is 0.417. The maximum atomic E-state index is 11.8. The van der Waals surface area contributed by atoms with E-state index >= 15 is 0 Å². The molecule has 0 spiro atoms. The normalized spacial score (nSPS) is 16.1. The lowest BCUT2D eigenvalue weighted by atomic mass is 10.1. The van der Waals surface area contributed by atoms with E-state index in [2.05, 4.69) is 12.2 Å². The van der Waals surface area contributed by atoms with Crippen LogP contribution in [-0.2, 0) is 0 Å². The molecular weight excluding hydrogens is 256 g/mol. The second-order valence-corrected chi connectivity index (χ2v) is 5.32. The van der Waals surface area contributed by atoms with Crippen molar-refractivity contribution in [2.75, 3.05) is 6.54 Å². The van der Waals surface area contributed by atoms with Crippen LogP contribution in [0.25, 0.3) is 0 Å². The highest BCUT2D eigenvalue weighted by Gasteiger charge is 2.37. The quantitative estimate of drug-likeness (QED) is 0.674. The van der Waals surface area contributed by atoms with Crippen LogP contribution in [0.5, 0.6) is 0 Å². The van der Waals surface area contributed by atoms with Crippen molar-refractivity contribution in [2.24, 2.45) is 5.41 Å². The lowest BCUT2D eigenvalue weighted by Gasteiger charge is -2.10. The second kappa shape index (κ2) is 4.57. The van der Waals surface area contributed by atoms with Crippen molar-refractivity contribution in [2.45, 2.75) is 19.8 Å². The number of rotatable bonds is 4. The SMILES string of the molecule is CC1(CNC(=O)c2ccc([N+](=O)[O-])c(Cl)c2)CC1. The van der Waals surface area contributed by atoms with Crippen LogP contribution in [0, 0.1) is 15.5 Å². The zero-order chi connectivity index (χ0) is 13.3. The maximum absolute atomic E-state index is 11.8. The summed E-state index contributed by atoms with van der Waals surface area (Å²) >= 11 is 5.75. The van der Waals surface area contributed by atoms with Gasteiger partial charge in [-0.05, 0) is 30.4 Å². The van der Waals surface area contributed by atoms with Crippen LogP contribution in [0.3, 0.4) is 0 Å². The van der Waals surface area contributed by atoms with Crippen molar-refractivity contribution < 1.29 is 9.72 Å². The number of carbonyl (C=O) groups excluding carboxylic acids is 1. The van der Waals surface area contributed by atoms with Gasteiger partial charge in [-0.3, -0.25) is 14.9 Å². The van der Waals surface area contributed by atoms with Gasteiger partial charge >= 0.3 is 0 Å². The van der Waals surface area contributed by atoms with Crippen molar-refractivity contribution >= 4 is 23.2 Å². The second-order valence-electron chi connectivity index (χ2n) is 4.92. The van der Waals surface area contributed by atoms with E-state index in [4.69, 9.17) is 11.6 Å². The first-order chi connectivity index (χ1) is 8.41. The number of hydrogen-bond donors (Lipinski definition) is 1. The van der Waals surface area contributed by atoms with E-state index in [0.717, 1.165) is 12.8 Å². The molecule has 0 heterocycles. The number of nitro benzene ring substituents is 1. The number of halogens is 1. The molecule has 1 aromatic carbocycles. The molecule has 1 saturated carbocycles. The third-order valence-corrected chi connectivity index (χ3v) is 3.49. The number of nitro groups is 1. The van der Waals surface area contributed by atoms with Crippen molar-refractivity contribution in [3.8, 4) is 0 Å². The minimum atomic E-state index is -0.574. The molecule has 1 fully saturated rings. The highest BCUT2D eigenvalue weighted by atomic mass is 35.5. The molecule has 1 aliphatic rings. The Morgan fingerprint density at radius 3 is 2.72 bits per heavy atom. The third-order valence-electron chi connectivity index (χ3n) is 3.19. The molecule has 18 heavy (non-hydrogen) atoms. The summed E-state index contributed by atoms with van der Waals surface area (Å²) in [6.45, 7) is 2.73. The van der Waals surface area contributed by atoms with Gasteiger partial charge in [0.25, 0.3) is 11.6 Å². The molecule has 96 valence electrons. The number of benzene rings is 1. The Labute approximate surface area is 109 Å². The topological polar surface area (TPSA) is 72.2 Å². The van der Waals surface area contributed by atoms with Gasteiger partial charge in [0, 0.05) is 18.2 Å². The Hall–Kier alpha value is -1.62. The minimum absolute atomic E-state index is 0.0229. The average Bonchev–Trinajstić information content (AvgIpc) is 3.04. The van der Waals surface area contributed by atoms with Crippen molar-refractivity contribution in [1.82, 2.24) is 5.32 Å². The number of amides is 1. The van der Waals surface area contributed by atoms with Gasteiger partial charge in [0.15, 0.2) is 0 Å². The molecule has 0 unspecified atom stereocenters. The zero-order valence-electron chi connectivity index (χ0n) is 9.90. The third kappa shape index (κ3) is 2.79. The van der Waals surface area contributed by atoms with E-state index in [0.29, 0.717) is 12.1 Å². The molecule has 1 amide bonds. The lowest BCUT2D eigenvalue weighted by Crippen LogP contribution is -2.28. The van der Waals surface area contributed by atoms with Gasteiger partial charge in [0.2, 0.25) is 0 Å². The first-order valence-electron chi connectivity index (χ1n) is 5.63. The molecule has 0 radical (unpaired) electrons. The largest absolute Gasteiger partial charge is 0.351 e. The van der Waals surface area contributed by atoms with Gasteiger partial charge in [0.1, 0.15) is 5.02 Å². The van der Waals surface area contributed by atoms with E-state index in [9.17, 15) is 14.9 Å². The van der Waals surface area contributed by atoms with Crippen LogP contribution in [0.2, 0.25) is 5.02 Å². The molecule has 1 aliphatic carbocycles. The molecule has 5 nitrogen and oxygen atoms in total. The number of hydrogen-bond acceptors (Lipinski definition) is 3. The lowest BCUT2D eigenvalue weighted by molar-refractivity contribution is -0.384. The van der Waals surface area contributed by atoms with E-state index in [-0.39, 0.29) is 22.0 Å². The fourth-order valence-electron chi connectivity index (χ4n) is 1.58. The molecule has 0 saturated heterocycles. The van der Waals surface area contributed by atoms with E-state index < -0.39 is 4.92 Å². The van der Waals surface area contributed by atoms with Crippen molar-refractivity contribution in [3.05, 3.63) is 38.9 Å². The summed E-state index contributed by atoms with van der Waals surface area (Å²) in [7, 11) is 0. The van der Waals surface area contributed by atoms with Crippen LogP contribution >= 0.6 is 11.6 Å². The highest BCUT2D eigenvalue weighted by Crippen LogP contribution is 2.44. The fourth-order valence-corrected chi connectivity index (χ4v) is 1.83. The van der Waals surface area contributed by atoms with Gasteiger partial charge in [-0.1, -0.05) is 18.5 Å². The summed E-state index contributed by atoms with van der Waals surface area (Å²) in [4.78, 5) is 21.8. The summed E-state index contributed by atoms with van der Waals surface area (Å²) in [6.07, 6.45) is 2.24. The predicted molar refractivity (Wildman–Crippen MR) is 67.8 cm³/mol. The van der Waals surface area contributed by atoms with Crippen LogP contribution in [-0.4, -0.2) is 17.4 Å². The Morgan fingerprint density at radius 2 is 2.22 bits per heavy atom. The molecule has 1 aromatic rings. The monoisotopic (exact) mass is 268 g/mol. The Bertz CT molecular complexity index is 512. The molecule has 0 bridgehead atoms. The summed E-state index contributed by atoms with van der Waals surface area (Å²) < 4.78 is 0. The van der Waals surface area contributed by atoms with E-state index in [1.807, 2.05) is 0 Å². The van der Waals surface area contributed by atoms with Crippen LogP contribution in [0.1, 0.15) is 30.1 Å². The molecule has 2 rings (SSSR count). The minimum Gasteiger partial charge on any atom is -0.351 e. The molecule has 0 aromatic heterocycles. The number of carbonyl (C=O) groups is 1. The van der Waals surface area contributed by atoms with Gasteiger partial charge in [-0.2, -0.15) is 0 Å². The summed E-state index contributed by atoms with van der Waals surface area (Å²) in [6, 6.07) is 3.98. The highest BCUT2D eigenvalue weighted by molar-refractivity contribution is 6.33. The average molecular weight is 269 g/mol. The summed E-state index contributed by atoms with van der Waals surface area (Å²) in [5.74, 6) is -0.250. The van der Waals surface area contributed by atoms with Crippen molar-refractivity contribution in [1.29, 1.82) is 0 Å². The van der Waals surface area contributed by atoms with Gasteiger partial charge in [-0.15, -0.1) is 0 Å². The van der Waals surface area contributed by atoms with Gasteiger partial charge in [-0.25, -0.2) is 0 Å². The molecule has 1 N–H and O–H groups in total. The summed E-state index contributed by atoms with van der Waals surface area (Å²) in [5, 5.41) is 13.4. The smallest absolute Gasteiger partial charge is 0.287 e. The Morgan fingerprint density at radius 1 is 1.56 bits per heavy atom. The molecule has 0 atom stereocenters. The van der Waals surface area contributed by atoms with Gasteiger partial charge in [0.05, 0.1) is 4.92 Å².